The molecule has 0 aromatic rings. The van der Waals surface area contributed by atoms with E-state index in [4.69, 9.17) is 5.73 Å². The number of hydrogen-bond donors (Lipinski definition) is 1. The minimum atomic E-state index is -0.387. The molecule has 0 aromatic carbocycles. The molecule has 5 nitrogen and oxygen atoms in total. The SMILES string of the molecule is NC1=NC2=NC=C[C@@H]2C([O-])=N1. The van der Waals surface area contributed by atoms with Gasteiger partial charge in [0, 0.05) is 6.20 Å². The minimum Gasteiger partial charge on any atom is -0.861 e. The van der Waals surface area contributed by atoms with Gasteiger partial charge in [-0.3, -0.25) is 0 Å². The third kappa shape index (κ3) is 0.813. The zero-order valence-corrected chi connectivity index (χ0v) is 5.56. The Hall–Kier alpha value is -1.65. The normalized spacial score (nSPS) is 27.3. The van der Waals surface area contributed by atoms with Gasteiger partial charge in [-0.25, -0.2) is 9.98 Å². The van der Waals surface area contributed by atoms with Crippen molar-refractivity contribution in [1.29, 1.82) is 0 Å². The minimum absolute atomic E-state index is 0.00583. The Morgan fingerprint density at radius 2 is 2.27 bits per heavy atom. The first-order valence-electron chi connectivity index (χ1n) is 3.11. The van der Waals surface area contributed by atoms with Gasteiger partial charge in [0.25, 0.3) is 0 Å². The van der Waals surface area contributed by atoms with Crippen LogP contribution in [0.15, 0.2) is 27.3 Å². The van der Waals surface area contributed by atoms with Crippen LogP contribution in [0.25, 0.3) is 0 Å². The van der Waals surface area contributed by atoms with Crippen LogP contribution in [-0.2, 0) is 0 Å². The summed E-state index contributed by atoms with van der Waals surface area (Å²) in [5, 5.41) is 11.0. The highest BCUT2D eigenvalue weighted by atomic mass is 16.3. The first-order valence-corrected chi connectivity index (χ1v) is 3.11. The summed E-state index contributed by atoms with van der Waals surface area (Å²) in [4.78, 5) is 11.1. The second-order valence-electron chi connectivity index (χ2n) is 2.23. The van der Waals surface area contributed by atoms with E-state index in [9.17, 15) is 5.11 Å². The van der Waals surface area contributed by atoms with E-state index in [1.165, 1.54) is 6.20 Å². The number of rotatable bonds is 0. The van der Waals surface area contributed by atoms with Gasteiger partial charge in [0.15, 0.2) is 0 Å². The van der Waals surface area contributed by atoms with E-state index in [1.54, 1.807) is 6.08 Å². The van der Waals surface area contributed by atoms with Crippen molar-refractivity contribution < 1.29 is 5.11 Å². The van der Waals surface area contributed by atoms with E-state index in [0.29, 0.717) is 5.84 Å². The quantitative estimate of drug-likeness (QED) is 0.460. The van der Waals surface area contributed by atoms with Crippen molar-refractivity contribution in [2.75, 3.05) is 0 Å². The smallest absolute Gasteiger partial charge is 0.220 e. The molecule has 5 heteroatoms. The molecule has 0 fully saturated rings. The Labute approximate surface area is 62.7 Å². The van der Waals surface area contributed by atoms with E-state index < -0.39 is 0 Å². The summed E-state index contributed by atoms with van der Waals surface area (Å²) in [6, 6.07) is 0. The third-order valence-electron chi connectivity index (χ3n) is 1.48. The van der Waals surface area contributed by atoms with E-state index in [2.05, 4.69) is 15.0 Å². The molecule has 0 bridgehead atoms. The Kier molecular flexibility index (Phi) is 1.06. The molecule has 0 saturated heterocycles. The van der Waals surface area contributed by atoms with Gasteiger partial charge in [0.2, 0.25) is 5.96 Å². The van der Waals surface area contributed by atoms with E-state index in [1.807, 2.05) is 0 Å². The van der Waals surface area contributed by atoms with E-state index in [-0.39, 0.29) is 17.8 Å². The lowest BCUT2D eigenvalue weighted by Gasteiger charge is -2.19. The second-order valence-corrected chi connectivity index (χ2v) is 2.23. The summed E-state index contributed by atoms with van der Waals surface area (Å²) < 4.78 is 0. The summed E-state index contributed by atoms with van der Waals surface area (Å²) in [7, 11) is 0. The number of aliphatic imine (C=N–C) groups is 3. The summed E-state index contributed by atoms with van der Waals surface area (Å²) in [5.74, 6) is -0.233. The van der Waals surface area contributed by atoms with E-state index >= 15 is 0 Å². The van der Waals surface area contributed by atoms with Gasteiger partial charge < -0.3 is 10.8 Å². The molecule has 2 aliphatic heterocycles. The zero-order valence-electron chi connectivity index (χ0n) is 5.56. The van der Waals surface area contributed by atoms with Crippen LogP contribution >= 0.6 is 0 Å². The van der Waals surface area contributed by atoms with Gasteiger partial charge in [0.1, 0.15) is 5.84 Å². The number of fused-ring (bicyclic) bond motifs is 1. The van der Waals surface area contributed by atoms with E-state index in [0.717, 1.165) is 0 Å². The van der Waals surface area contributed by atoms with Gasteiger partial charge in [-0.15, -0.1) is 0 Å². The molecule has 2 heterocycles. The van der Waals surface area contributed by atoms with Crippen molar-refractivity contribution in [3.8, 4) is 0 Å². The van der Waals surface area contributed by atoms with Crippen LogP contribution in [0, 0.1) is 5.92 Å². The Balaban J connectivity index is 2.45. The van der Waals surface area contributed by atoms with Crippen molar-refractivity contribution in [1.82, 2.24) is 0 Å². The maximum atomic E-state index is 11.0. The summed E-state index contributed by atoms with van der Waals surface area (Å²) in [6.45, 7) is 0. The number of hydrogen-bond acceptors (Lipinski definition) is 5. The fourth-order valence-electron chi connectivity index (χ4n) is 0.988. The van der Waals surface area contributed by atoms with Crippen LogP contribution in [0.2, 0.25) is 0 Å². The Morgan fingerprint density at radius 3 is 3.09 bits per heavy atom. The molecule has 0 amide bonds. The molecule has 2 aliphatic rings. The fraction of sp³-hybridized carbons (Fsp3) is 0.167. The predicted octanol–water partition coefficient (Wildman–Crippen LogP) is -1.38. The van der Waals surface area contributed by atoms with Crippen LogP contribution in [0.4, 0.5) is 0 Å². The van der Waals surface area contributed by atoms with Crippen LogP contribution in [0.3, 0.4) is 0 Å². The maximum absolute atomic E-state index is 11.0. The summed E-state index contributed by atoms with van der Waals surface area (Å²) in [5.41, 5.74) is 5.24. The van der Waals surface area contributed by atoms with Crippen molar-refractivity contribution in [2.24, 2.45) is 26.6 Å². The number of amidine groups is 1. The van der Waals surface area contributed by atoms with Crippen molar-refractivity contribution in [3.63, 3.8) is 0 Å². The standard InChI is InChI=1S/C6H6N4O/c7-6-9-4-3(1-2-8-4)5(11)10-6/h1-3H,(H3,7,8,9,10,11)/p-1/t3-/m0/s1. The first kappa shape index (κ1) is 6.09. The summed E-state index contributed by atoms with van der Waals surface area (Å²) >= 11 is 0. The lowest BCUT2D eigenvalue weighted by molar-refractivity contribution is -0.219. The summed E-state index contributed by atoms with van der Waals surface area (Å²) in [6.07, 6.45) is 3.19. The molecular weight excluding hydrogens is 144 g/mol. The average Bonchev–Trinajstić information content (AvgIpc) is 2.34. The topological polar surface area (TPSA) is 86.2 Å². The predicted molar refractivity (Wildman–Crippen MR) is 39.1 cm³/mol. The molecule has 1 atom stereocenters. The fourth-order valence-corrected chi connectivity index (χ4v) is 0.988. The highest BCUT2D eigenvalue weighted by Crippen LogP contribution is 2.14. The van der Waals surface area contributed by atoms with Crippen LogP contribution < -0.4 is 10.8 Å². The highest BCUT2D eigenvalue weighted by Gasteiger charge is 2.20. The molecule has 0 spiro atoms. The molecule has 2 rings (SSSR count). The average molecular weight is 149 g/mol. The molecule has 0 radical (unpaired) electrons. The Morgan fingerprint density at radius 1 is 1.45 bits per heavy atom. The second kappa shape index (κ2) is 1.91. The lowest BCUT2D eigenvalue weighted by atomic mass is 10.1. The van der Waals surface area contributed by atoms with Crippen molar-refractivity contribution in [3.05, 3.63) is 12.3 Å². The maximum Gasteiger partial charge on any atom is 0.220 e. The van der Waals surface area contributed by atoms with Crippen LogP contribution in [-0.4, -0.2) is 17.7 Å². The molecule has 2 N–H and O–H groups in total. The van der Waals surface area contributed by atoms with Gasteiger partial charge in [-0.2, -0.15) is 4.99 Å². The number of guanidine groups is 1. The molecule has 11 heavy (non-hydrogen) atoms. The molecule has 0 aliphatic carbocycles. The molecule has 0 unspecified atom stereocenters. The largest absolute Gasteiger partial charge is 0.861 e. The number of nitrogens with zero attached hydrogens (tertiary/aromatic N) is 3. The van der Waals surface area contributed by atoms with Crippen molar-refractivity contribution >= 4 is 17.7 Å². The van der Waals surface area contributed by atoms with Gasteiger partial charge >= 0.3 is 0 Å². The third-order valence-corrected chi connectivity index (χ3v) is 1.48. The van der Waals surface area contributed by atoms with Gasteiger partial charge in [-0.05, 0) is 5.90 Å². The highest BCUT2D eigenvalue weighted by molar-refractivity contribution is 6.15. The molecule has 56 valence electrons. The zero-order chi connectivity index (χ0) is 7.84. The number of nitrogens with two attached hydrogens (primary N) is 1. The Bertz CT molecular complexity index is 313. The van der Waals surface area contributed by atoms with Crippen LogP contribution in [0.1, 0.15) is 0 Å². The first-order chi connectivity index (χ1) is 5.27. The lowest BCUT2D eigenvalue weighted by Crippen LogP contribution is -2.36. The molecule has 0 aromatic heterocycles. The molecule has 0 saturated carbocycles. The monoisotopic (exact) mass is 149 g/mol. The van der Waals surface area contributed by atoms with Gasteiger partial charge in [0.05, 0.1) is 5.92 Å². The van der Waals surface area contributed by atoms with Gasteiger partial charge in [-0.1, -0.05) is 6.08 Å². The van der Waals surface area contributed by atoms with Crippen molar-refractivity contribution in [2.45, 2.75) is 0 Å². The van der Waals surface area contributed by atoms with Crippen LogP contribution in [0.5, 0.6) is 0 Å². The molecular formula is C6H5N4O-.